The molecule has 1 saturated heterocycles. The topological polar surface area (TPSA) is 65.1 Å². The monoisotopic (exact) mass is 272 g/mol. The first kappa shape index (κ1) is 16.0. The van der Waals surface area contributed by atoms with E-state index in [1.165, 1.54) is 6.92 Å². The van der Waals surface area contributed by atoms with E-state index in [4.69, 9.17) is 14.2 Å². The number of rotatable bonds is 9. The zero-order valence-corrected chi connectivity index (χ0v) is 12.0. The highest BCUT2D eigenvalue weighted by atomic mass is 16.6. The molecule has 3 atom stereocenters. The van der Waals surface area contributed by atoms with Crippen molar-refractivity contribution in [3.05, 3.63) is 0 Å². The second kappa shape index (κ2) is 8.15. The first-order chi connectivity index (χ1) is 9.01. The number of ether oxygens (including phenoxy) is 3. The SMILES string of the molecule is CCCCC(CC(C)OC(=O)CC1CO1)OC(C)=O. The van der Waals surface area contributed by atoms with Gasteiger partial charge < -0.3 is 14.2 Å². The molecule has 0 amide bonds. The molecule has 5 heteroatoms. The van der Waals surface area contributed by atoms with Crippen molar-refractivity contribution in [3.63, 3.8) is 0 Å². The Hall–Kier alpha value is -1.10. The molecule has 1 aliphatic heterocycles. The van der Waals surface area contributed by atoms with Gasteiger partial charge >= 0.3 is 11.9 Å². The van der Waals surface area contributed by atoms with E-state index in [1.807, 2.05) is 6.92 Å². The zero-order valence-electron chi connectivity index (χ0n) is 12.0. The van der Waals surface area contributed by atoms with Gasteiger partial charge in [0.15, 0.2) is 0 Å². The van der Waals surface area contributed by atoms with E-state index in [2.05, 4.69) is 6.92 Å². The van der Waals surface area contributed by atoms with Gasteiger partial charge in [0.25, 0.3) is 0 Å². The molecule has 0 aromatic carbocycles. The van der Waals surface area contributed by atoms with Crippen LogP contribution in [0.15, 0.2) is 0 Å². The molecule has 0 radical (unpaired) electrons. The van der Waals surface area contributed by atoms with Crippen LogP contribution < -0.4 is 0 Å². The molecule has 0 aromatic rings. The van der Waals surface area contributed by atoms with Crippen molar-refractivity contribution < 1.29 is 23.8 Å². The van der Waals surface area contributed by atoms with Gasteiger partial charge in [-0.25, -0.2) is 0 Å². The third kappa shape index (κ3) is 7.82. The molecule has 1 fully saturated rings. The van der Waals surface area contributed by atoms with Crippen LogP contribution in [0, 0.1) is 0 Å². The van der Waals surface area contributed by atoms with Gasteiger partial charge in [-0.05, 0) is 13.3 Å². The molecule has 110 valence electrons. The number of epoxide rings is 1. The smallest absolute Gasteiger partial charge is 0.308 e. The predicted octanol–water partition coefficient (Wildman–Crippen LogP) is 2.22. The second-order valence-corrected chi connectivity index (χ2v) is 5.07. The molecule has 0 aromatic heterocycles. The Balaban J connectivity index is 2.28. The lowest BCUT2D eigenvalue weighted by atomic mass is 10.1. The van der Waals surface area contributed by atoms with E-state index in [1.54, 1.807) is 0 Å². The van der Waals surface area contributed by atoms with Crippen molar-refractivity contribution in [2.45, 2.75) is 71.2 Å². The third-order valence-corrected chi connectivity index (χ3v) is 2.94. The van der Waals surface area contributed by atoms with E-state index >= 15 is 0 Å². The molecular weight excluding hydrogens is 248 g/mol. The average Bonchev–Trinajstić information content (AvgIpc) is 3.08. The van der Waals surface area contributed by atoms with Gasteiger partial charge in [0.2, 0.25) is 0 Å². The van der Waals surface area contributed by atoms with E-state index in [-0.39, 0.29) is 30.3 Å². The van der Waals surface area contributed by atoms with Crippen molar-refractivity contribution in [3.8, 4) is 0 Å². The molecule has 19 heavy (non-hydrogen) atoms. The minimum absolute atomic E-state index is 0.0454. The lowest BCUT2D eigenvalue weighted by Gasteiger charge is -2.21. The van der Waals surface area contributed by atoms with E-state index in [9.17, 15) is 9.59 Å². The van der Waals surface area contributed by atoms with Crippen LogP contribution in [-0.4, -0.2) is 36.9 Å². The summed E-state index contributed by atoms with van der Waals surface area (Å²) in [7, 11) is 0. The van der Waals surface area contributed by atoms with Crippen LogP contribution in [0.3, 0.4) is 0 Å². The third-order valence-electron chi connectivity index (χ3n) is 2.94. The number of hydrogen-bond donors (Lipinski definition) is 0. The van der Waals surface area contributed by atoms with Gasteiger partial charge in [-0.3, -0.25) is 9.59 Å². The number of hydrogen-bond acceptors (Lipinski definition) is 5. The summed E-state index contributed by atoms with van der Waals surface area (Å²) in [6.07, 6.45) is 3.35. The summed E-state index contributed by atoms with van der Waals surface area (Å²) in [5.74, 6) is -0.530. The fraction of sp³-hybridized carbons (Fsp3) is 0.857. The highest BCUT2D eigenvalue weighted by molar-refractivity contribution is 5.70. The maximum atomic E-state index is 11.5. The van der Waals surface area contributed by atoms with Crippen molar-refractivity contribution >= 4 is 11.9 Å². The van der Waals surface area contributed by atoms with Crippen molar-refractivity contribution in [1.82, 2.24) is 0 Å². The molecular formula is C14H24O5. The Morgan fingerprint density at radius 2 is 2.05 bits per heavy atom. The first-order valence-corrected chi connectivity index (χ1v) is 6.99. The Labute approximate surface area is 114 Å². The number of carbonyl (C=O) groups excluding carboxylic acids is 2. The Morgan fingerprint density at radius 3 is 2.58 bits per heavy atom. The number of unbranched alkanes of at least 4 members (excludes halogenated alkanes) is 1. The minimum atomic E-state index is -0.286. The van der Waals surface area contributed by atoms with Crippen molar-refractivity contribution in [1.29, 1.82) is 0 Å². The van der Waals surface area contributed by atoms with Crippen LogP contribution in [0.4, 0.5) is 0 Å². The number of carbonyl (C=O) groups is 2. The van der Waals surface area contributed by atoms with Gasteiger partial charge in [-0.1, -0.05) is 19.8 Å². The molecule has 1 heterocycles. The van der Waals surface area contributed by atoms with Crippen LogP contribution in [0.5, 0.6) is 0 Å². The maximum Gasteiger partial charge on any atom is 0.308 e. The van der Waals surface area contributed by atoms with Crippen LogP contribution >= 0.6 is 0 Å². The summed E-state index contributed by atoms with van der Waals surface area (Å²) in [5.41, 5.74) is 0. The fourth-order valence-electron chi connectivity index (χ4n) is 1.95. The van der Waals surface area contributed by atoms with Crippen LogP contribution in [-0.2, 0) is 23.8 Å². The average molecular weight is 272 g/mol. The second-order valence-electron chi connectivity index (χ2n) is 5.07. The van der Waals surface area contributed by atoms with Crippen LogP contribution in [0.25, 0.3) is 0 Å². The predicted molar refractivity (Wildman–Crippen MR) is 69.6 cm³/mol. The summed E-state index contributed by atoms with van der Waals surface area (Å²) < 4.78 is 15.5. The molecule has 0 aliphatic carbocycles. The van der Waals surface area contributed by atoms with Crippen LogP contribution in [0.1, 0.15) is 52.9 Å². The van der Waals surface area contributed by atoms with E-state index < -0.39 is 0 Å². The van der Waals surface area contributed by atoms with Gasteiger partial charge in [0.05, 0.1) is 19.1 Å². The normalized spacial score (nSPS) is 20.5. The highest BCUT2D eigenvalue weighted by Gasteiger charge is 2.27. The molecule has 0 spiro atoms. The standard InChI is InChI=1S/C14H24O5/c1-4-5-6-12(19-11(3)15)7-10(2)18-14(16)8-13-9-17-13/h10,12-13H,4-9H2,1-3H3. The van der Waals surface area contributed by atoms with Crippen LogP contribution in [0.2, 0.25) is 0 Å². The summed E-state index contributed by atoms with van der Waals surface area (Å²) in [4.78, 5) is 22.5. The Morgan fingerprint density at radius 1 is 1.37 bits per heavy atom. The molecule has 5 nitrogen and oxygen atoms in total. The summed E-state index contributed by atoms with van der Waals surface area (Å²) in [5, 5.41) is 0. The first-order valence-electron chi connectivity index (χ1n) is 6.99. The molecule has 3 unspecified atom stereocenters. The van der Waals surface area contributed by atoms with E-state index in [0.29, 0.717) is 19.4 Å². The molecule has 1 aliphatic rings. The Kier molecular flexibility index (Phi) is 6.84. The quantitative estimate of drug-likeness (QED) is 0.475. The summed E-state index contributed by atoms with van der Waals surface area (Å²) >= 11 is 0. The largest absolute Gasteiger partial charge is 0.462 e. The lowest BCUT2D eigenvalue weighted by molar-refractivity contribution is -0.153. The van der Waals surface area contributed by atoms with Gasteiger partial charge in [0, 0.05) is 13.3 Å². The van der Waals surface area contributed by atoms with Gasteiger partial charge in [-0.15, -0.1) is 0 Å². The highest BCUT2D eigenvalue weighted by Crippen LogP contribution is 2.17. The van der Waals surface area contributed by atoms with E-state index in [0.717, 1.165) is 19.3 Å². The zero-order chi connectivity index (χ0) is 14.3. The lowest BCUT2D eigenvalue weighted by Crippen LogP contribution is -2.25. The Bertz CT molecular complexity index is 298. The van der Waals surface area contributed by atoms with Crippen molar-refractivity contribution in [2.24, 2.45) is 0 Å². The summed E-state index contributed by atoms with van der Waals surface area (Å²) in [6, 6.07) is 0. The molecule has 0 saturated carbocycles. The van der Waals surface area contributed by atoms with Gasteiger partial charge in [0.1, 0.15) is 12.2 Å². The number of esters is 2. The fourth-order valence-corrected chi connectivity index (χ4v) is 1.95. The summed E-state index contributed by atoms with van der Waals surface area (Å²) in [6.45, 7) is 5.97. The van der Waals surface area contributed by atoms with Crippen molar-refractivity contribution in [2.75, 3.05) is 6.61 Å². The van der Waals surface area contributed by atoms with Gasteiger partial charge in [-0.2, -0.15) is 0 Å². The molecule has 0 N–H and O–H groups in total. The maximum absolute atomic E-state index is 11.5. The minimum Gasteiger partial charge on any atom is -0.462 e. The molecule has 1 rings (SSSR count). The molecule has 0 bridgehead atoms.